The topological polar surface area (TPSA) is 72.9 Å². The van der Waals surface area contributed by atoms with E-state index in [1.54, 1.807) is 6.92 Å². The number of carbonyl (C=O) groups is 1. The zero-order valence-electron chi connectivity index (χ0n) is 20.1. The number of alkyl halides is 3. The van der Waals surface area contributed by atoms with Crippen molar-refractivity contribution in [3.63, 3.8) is 0 Å². The number of methoxy groups -OCH3 is 1. The molecular formula is C26H22F5NO5S. The summed E-state index contributed by atoms with van der Waals surface area (Å²) < 4.78 is 107. The second-order valence-electron chi connectivity index (χ2n) is 8.77. The number of rotatable bonds is 6. The van der Waals surface area contributed by atoms with E-state index in [0.29, 0.717) is 6.07 Å². The molecule has 0 fully saturated rings. The molecule has 2 atom stereocenters. The molecule has 0 saturated carbocycles. The molecule has 12 heteroatoms. The summed E-state index contributed by atoms with van der Waals surface area (Å²) >= 11 is 0. The Balaban J connectivity index is 1.83. The molecule has 38 heavy (non-hydrogen) atoms. The van der Waals surface area contributed by atoms with Crippen molar-refractivity contribution in [2.75, 3.05) is 18.0 Å². The van der Waals surface area contributed by atoms with Crippen molar-refractivity contribution >= 4 is 21.7 Å². The number of benzene rings is 3. The lowest BCUT2D eigenvalue weighted by atomic mass is 10.0. The third-order valence-electron chi connectivity index (χ3n) is 6.10. The molecule has 0 bridgehead atoms. The van der Waals surface area contributed by atoms with Crippen LogP contribution in [0.5, 0.6) is 5.75 Å². The van der Waals surface area contributed by atoms with Gasteiger partial charge in [-0.25, -0.2) is 17.2 Å². The molecule has 202 valence electrons. The van der Waals surface area contributed by atoms with E-state index in [4.69, 9.17) is 9.47 Å². The van der Waals surface area contributed by atoms with E-state index in [1.807, 2.05) is 0 Å². The Labute approximate surface area is 215 Å². The molecule has 0 aliphatic carbocycles. The number of fused-ring (bicyclic) bond motifs is 1. The molecule has 1 heterocycles. The Bertz CT molecular complexity index is 1480. The third kappa shape index (κ3) is 5.45. The zero-order valence-corrected chi connectivity index (χ0v) is 20.9. The van der Waals surface area contributed by atoms with Crippen LogP contribution in [0.15, 0.2) is 65.6 Å². The van der Waals surface area contributed by atoms with E-state index in [1.165, 1.54) is 25.3 Å². The van der Waals surface area contributed by atoms with Gasteiger partial charge in [0.15, 0.2) is 0 Å². The van der Waals surface area contributed by atoms with Gasteiger partial charge < -0.3 is 9.47 Å². The molecule has 6 nitrogen and oxygen atoms in total. The molecule has 0 amide bonds. The van der Waals surface area contributed by atoms with E-state index >= 15 is 0 Å². The second-order valence-corrected chi connectivity index (χ2v) is 10.6. The van der Waals surface area contributed by atoms with Crippen LogP contribution >= 0.6 is 0 Å². The molecule has 3 aromatic carbocycles. The maximum atomic E-state index is 14.5. The number of carbonyl (C=O) groups excluding carboxylic acids is 1. The zero-order chi connectivity index (χ0) is 27.8. The van der Waals surface area contributed by atoms with Gasteiger partial charge in [0.1, 0.15) is 23.5 Å². The van der Waals surface area contributed by atoms with Gasteiger partial charge in [-0.2, -0.15) is 13.2 Å². The summed E-state index contributed by atoms with van der Waals surface area (Å²) in [6.07, 6.45) is -5.61. The van der Waals surface area contributed by atoms with E-state index in [2.05, 4.69) is 0 Å². The van der Waals surface area contributed by atoms with Gasteiger partial charge in [-0.1, -0.05) is 19.1 Å². The number of esters is 1. The molecule has 4 rings (SSSR count). The summed E-state index contributed by atoms with van der Waals surface area (Å²) in [7, 11) is -3.40. The van der Waals surface area contributed by atoms with E-state index in [9.17, 15) is 35.2 Å². The monoisotopic (exact) mass is 555 g/mol. The van der Waals surface area contributed by atoms with Gasteiger partial charge in [-0.3, -0.25) is 9.10 Å². The van der Waals surface area contributed by atoms with E-state index < -0.39 is 56.3 Å². The predicted octanol–water partition coefficient (Wildman–Crippen LogP) is 5.81. The summed E-state index contributed by atoms with van der Waals surface area (Å²) in [5.74, 6) is -2.68. The van der Waals surface area contributed by atoms with Crippen LogP contribution in [0.1, 0.15) is 18.9 Å². The van der Waals surface area contributed by atoms with Crippen molar-refractivity contribution in [2.45, 2.75) is 30.5 Å². The van der Waals surface area contributed by atoms with Crippen molar-refractivity contribution in [1.82, 2.24) is 0 Å². The Morgan fingerprint density at radius 1 is 1.11 bits per heavy atom. The van der Waals surface area contributed by atoms with Crippen LogP contribution in [0.4, 0.5) is 27.6 Å². The van der Waals surface area contributed by atoms with Crippen LogP contribution in [0.25, 0.3) is 11.1 Å². The predicted molar refractivity (Wildman–Crippen MR) is 128 cm³/mol. The third-order valence-corrected chi connectivity index (χ3v) is 7.88. The molecule has 3 aromatic rings. The summed E-state index contributed by atoms with van der Waals surface area (Å²) in [6, 6.07) is 10.1. The summed E-state index contributed by atoms with van der Waals surface area (Å²) in [6.45, 7) is 1.20. The minimum atomic E-state index is -4.78. The highest BCUT2D eigenvalue weighted by molar-refractivity contribution is 7.92. The van der Waals surface area contributed by atoms with Gasteiger partial charge in [0.2, 0.25) is 0 Å². The molecule has 0 saturated heterocycles. The normalized spacial score (nSPS) is 16.4. The van der Waals surface area contributed by atoms with Crippen LogP contribution in [0, 0.1) is 17.6 Å². The number of nitrogens with zero attached hydrogens (tertiary/aromatic N) is 1. The quantitative estimate of drug-likeness (QED) is 0.284. The highest BCUT2D eigenvalue weighted by Crippen LogP contribution is 2.42. The first kappa shape index (κ1) is 27.4. The van der Waals surface area contributed by atoms with Gasteiger partial charge in [-0.15, -0.1) is 0 Å². The fourth-order valence-electron chi connectivity index (χ4n) is 4.20. The average Bonchev–Trinajstić information content (AvgIpc) is 2.88. The Morgan fingerprint density at radius 2 is 1.84 bits per heavy atom. The smallest absolute Gasteiger partial charge is 0.416 e. The number of hydrogen-bond acceptors (Lipinski definition) is 5. The molecule has 1 aliphatic rings. The van der Waals surface area contributed by atoms with Crippen molar-refractivity contribution in [1.29, 1.82) is 0 Å². The lowest BCUT2D eigenvalue weighted by Crippen LogP contribution is -2.44. The number of sulfonamides is 1. The molecular weight excluding hydrogens is 533 g/mol. The van der Waals surface area contributed by atoms with Crippen LogP contribution < -0.4 is 9.04 Å². The van der Waals surface area contributed by atoms with E-state index in [-0.39, 0.29) is 35.5 Å². The highest BCUT2D eigenvalue weighted by atomic mass is 32.2. The number of hydrogen-bond donors (Lipinski definition) is 0. The standard InChI is InChI=1S/C26H22F5NO5S/c1-15(25(33)36-2)10-19-14-32(38(34,35)20-5-3-4-17(12-20)26(29,30)31)23-11-16(6-9-24(23)37-19)21-13-18(27)7-8-22(21)28/h3-9,11-13,15,19H,10,14H2,1-2H3. The van der Waals surface area contributed by atoms with Gasteiger partial charge in [0.25, 0.3) is 10.0 Å². The molecule has 0 spiro atoms. The Hall–Kier alpha value is -3.67. The van der Waals surface area contributed by atoms with Crippen molar-refractivity contribution in [3.8, 4) is 16.9 Å². The van der Waals surface area contributed by atoms with Crippen LogP contribution in [-0.4, -0.2) is 34.1 Å². The van der Waals surface area contributed by atoms with Crippen LogP contribution in [0.3, 0.4) is 0 Å². The minimum absolute atomic E-state index is 0.0365. The molecule has 0 N–H and O–H groups in total. The first-order chi connectivity index (χ1) is 17.8. The minimum Gasteiger partial charge on any atom is -0.486 e. The molecule has 1 aliphatic heterocycles. The lowest BCUT2D eigenvalue weighted by molar-refractivity contribution is -0.145. The van der Waals surface area contributed by atoms with E-state index in [0.717, 1.165) is 40.7 Å². The maximum Gasteiger partial charge on any atom is 0.416 e. The van der Waals surface area contributed by atoms with Gasteiger partial charge in [-0.05, 0) is 60.5 Å². The Kier molecular flexibility index (Phi) is 7.37. The summed E-state index contributed by atoms with van der Waals surface area (Å²) in [4.78, 5) is 11.3. The molecule has 2 unspecified atom stereocenters. The first-order valence-corrected chi connectivity index (χ1v) is 12.8. The fourth-order valence-corrected chi connectivity index (χ4v) is 5.75. The van der Waals surface area contributed by atoms with Crippen LogP contribution in [0.2, 0.25) is 0 Å². The van der Waals surface area contributed by atoms with Crippen molar-refractivity contribution in [2.24, 2.45) is 5.92 Å². The molecule has 0 aromatic heterocycles. The SMILES string of the molecule is COC(=O)C(C)CC1CN(S(=O)(=O)c2cccc(C(F)(F)F)c2)c2cc(-c3cc(F)ccc3F)ccc2O1. The van der Waals surface area contributed by atoms with Crippen molar-refractivity contribution < 1.29 is 44.6 Å². The lowest BCUT2D eigenvalue weighted by Gasteiger charge is -2.36. The summed E-state index contributed by atoms with van der Waals surface area (Å²) in [5.41, 5.74) is -1.26. The number of anilines is 1. The largest absolute Gasteiger partial charge is 0.486 e. The average molecular weight is 556 g/mol. The highest BCUT2D eigenvalue weighted by Gasteiger charge is 2.38. The number of ether oxygens (including phenoxy) is 2. The van der Waals surface area contributed by atoms with Crippen molar-refractivity contribution in [3.05, 3.63) is 77.9 Å². The van der Waals surface area contributed by atoms with Gasteiger partial charge in [0, 0.05) is 5.56 Å². The first-order valence-electron chi connectivity index (χ1n) is 11.3. The van der Waals surface area contributed by atoms with Crippen LogP contribution in [-0.2, 0) is 25.7 Å². The Morgan fingerprint density at radius 3 is 2.53 bits per heavy atom. The van der Waals surface area contributed by atoms with Gasteiger partial charge in [0.05, 0.1) is 35.7 Å². The fraction of sp³-hybridized carbons (Fsp3) is 0.269. The molecule has 0 radical (unpaired) electrons. The van der Waals surface area contributed by atoms with Gasteiger partial charge >= 0.3 is 12.1 Å². The maximum absolute atomic E-state index is 14.5. The summed E-state index contributed by atoms with van der Waals surface area (Å²) in [5, 5.41) is 0. The second kappa shape index (κ2) is 10.2. The number of halogens is 5.